The summed E-state index contributed by atoms with van der Waals surface area (Å²) in [5, 5.41) is 6.97. The number of fused-ring (bicyclic) bond motifs is 2. The Labute approximate surface area is 172 Å². The Balaban J connectivity index is 0.00000196. The molecule has 1 aliphatic carbocycles. The molecule has 3 aliphatic rings. The number of nitrogens with one attached hydrogen (secondary N) is 2. The number of para-hydroxylation sites is 2. The number of benzene rings is 1. The Bertz CT molecular complexity index is 667. The van der Waals surface area contributed by atoms with E-state index in [-0.39, 0.29) is 35.5 Å². The molecule has 0 bridgehead atoms. The summed E-state index contributed by atoms with van der Waals surface area (Å²) in [6.07, 6.45) is 1.46. The minimum Gasteiger partial charge on any atom is -0.486 e. The first kappa shape index (κ1) is 19.5. The van der Waals surface area contributed by atoms with Gasteiger partial charge in [-0.1, -0.05) is 26.0 Å². The van der Waals surface area contributed by atoms with Crippen LogP contribution in [0.15, 0.2) is 29.3 Å². The van der Waals surface area contributed by atoms with Crippen molar-refractivity contribution in [1.29, 1.82) is 0 Å². The fourth-order valence-corrected chi connectivity index (χ4v) is 4.33. The van der Waals surface area contributed by atoms with Gasteiger partial charge in [-0.3, -0.25) is 4.99 Å². The molecule has 4 rings (SSSR count). The van der Waals surface area contributed by atoms with Crippen molar-refractivity contribution in [3.8, 4) is 11.5 Å². The van der Waals surface area contributed by atoms with Crippen molar-refractivity contribution in [3.63, 3.8) is 0 Å². The molecule has 1 aromatic rings. The first-order valence-corrected chi connectivity index (χ1v) is 9.07. The summed E-state index contributed by atoms with van der Waals surface area (Å²) in [5.41, 5.74) is 0.127. The number of hydrogen-bond acceptors (Lipinski definition) is 4. The average molecular weight is 473 g/mol. The van der Waals surface area contributed by atoms with Crippen molar-refractivity contribution in [2.45, 2.75) is 38.5 Å². The van der Waals surface area contributed by atoms with Crippen molar-refractivity contribution in [3.05, 3.63) is 24.3 Å². The number of hydrogen-bond donors (Lipinski definition) is 2. The average Bonchev–Trinajstić information content (AvgIpc) is 3.09. The maximum Gasteiger partial charge on any atom is 0.191 e. The Morgan fingerprint density at radius 1 is 1.27 bits per heavy atom. The van der Waals surface area contributed by atoms with Gasteiger partial charge >= 0.3 is 0 Å². The number of ether oxygens (including phenoxy) is 3. The summed E-state index contributed by atoms with van der Waals surface area (Å²) in [7, 11) is 1.80. The van der Waals surface area contributed by atoms with Crippen LogP contribution in [0.4, 0.5) is 0 Å². The summed E-state index contributed by atoms with van der Waals surface area (Å²) < 4.78 is 17.6. The molecule has 2 heterocycles. The zero-order valence-corrected chi connectivity index (χ0v) is 17.9. The van der Waals surface area contributed by atoms with Crippen molar-refractivity contribution in [2.75, 3.05) is 26.8 Å². The van der Waals surface area contributed by atoms with Gasteiger partial charge in [-0.2, -0.15) is 0 Å². The van der Waals surface area contributed by atoms with Crippen LogP contribution in [0.25, 0.3) is 0 Å². The second-order valence-corrected chi connectivity index (χ2v) is 7.64. The van der Waals surface area contributed by atoms with E-state index in [0.29, 0.717) is 31.2 Å². The third-order valence-electron chi connectivity index (χ3n) is 5.68. The molecule has 2 aliphatic heterocycles. The molecule has 4 unspecified atom stereocenters. The Morgan fingerprint density at radius 3 is 2.81 bits per heavy atom. The van der Waals surface area contributed by atoms with Crippen LogP contribution in [0.2, 0.25) is 0 Å². The Hall–Kier alpha value is -1.22. The van der Waals surface area contributed by atoms with E-state index in [4.69, 9.17) is 14.2 Å². The number of halogens is 1. The minimum atomic E-state index is -0.0367. The summed E-state index contributed by atoms with van der Waals surface area (Å²) in [6.45, 7) is 6.58. The second-order valence-electron chi connectivity index (χ2n) is 7.64. The molecule has 144 valence electrons. The molecule has 6 nitrogen and oxygen atoms in total. The van der Waals surface area contributed by atoms with Crippen LogP contribution in [0.1, 0.15) is 20.3 Å². The molecule has 26 heavy (non-hydrogen) atoms. The fourth-order valence-electron chi connectivity index (χ4n) is 4.33. The van der Waals surface area contributed by atoms with Crippen LogP contribution in [-0.4, -0.2) is 51.0 Å². The lowest BCUT2D eigenvalue weighted by Crippen LogP contribution is -2.68. The highest BCUT2D eigenvalue weighted by atomic mass is 127. The third-order valence-corrected chi connectivity index (χ3v) is 5.68. The quantitative estimate of drug-likeness (QED) is 0.401. The molecule has 2 N–H and O–H groups in total. The van der Waals surface area contributed by atoms with Gasteiger partial charge < -0.3 is 24.8 Å². The van der Waals surface area contributed by atoms with Crippen molar-refractivity contribution >= 4 is 29.9 Å². The predicted molar refractivity (Wildman–Crippen MR) is 112 cm³/mol. The smallest absolute Gasteiger partial charge is 0.191 e. The van der Waals surface area contributed by atoms with E-state index in [1.54, 1.807) is 7.05 Å². The standard InChI is InChI=1S/C19H27N3O3.HI/c1-19(2)16(13-8-9-23-17(13)19)22-18(20-3)21-10-12-11-24-14-6-4-5-7-15(14)25-12;/h4-7,12-13,16-17H,8-11H2,1-3H3,(H2,20,21,22);1H. The molecule has 1 aromatic carbocycles. The van der Waals surface area contributed by atoms with Gasteiger partial charge in [-0.05, 0) is 18.6 Å². The maximum absolute atomic E-state index is 5.99. The first-order valence-electron chi connectivity index (χ1n) is 9.07. The fraction of sp³-hybridized carbons (Fsp3) is 0.632. The lowest BCUT2D eigenvalue weighted by molar-refractivity contribution is -0.106. The SMILES string of the molecule is CN=C(NCC1COc2ccccc2O1)NC1C2CCOC2C1(C)C.I. The molecular weight excluding hydrogens is 445 g/mol. The second kappa shape index (κ2) is 7.80. The molecule has 7 heteroatoms. The highest BCUT2D eigenvalue weighted by molar-refractivity contribution is 14.0. The van der Waals surface area contributed by atoms with E-state index in [9.17, 15) is 0 Å². The van der Waals surface area contributed by atoms with Gasteiger partial charge in [-0.15, -0.1) is 24.0 Å². The number of guanidine groups is 1. The van der Waals surface area contributed by atoms with Gasteiger partial charge in [-0.25, -0.2) is 0 Å². The molecule has 2 fully saturated rings. The van der Waals surface area contributed by atoms with Gasteiger partial charge in [0.2, 0.25) is 0 Å². The lowest BCUT2D eigenvalue weighted by atomic mass is 9.57. The molecule has 1 saturated heterocycles. The van der Waals surface area contributed by atoms with Gasteiger partial charge in [0.15, 0.2) is 17.5 Å². The van der Waals surface area contributed by atoms with E-state index in [2.05, 4.69) is 29.5 Å². The molecule has 1 saturated carbocycles. The van der Waals surface area contributed by atoms with Crippen molar-refractivity contribution in [2.24, 2.45) is 16.3 Å². The minimum absolute atomic E-state index is 0. The van der Waals surface area contributed by atoms with E-state index in [1.165, 1.54) is 0 Å². The summed E-state index contributed by atoms with van der Waals surface area (Å²) in [4.78, 5) is 4.38. The number of nitrogens with zero attached hydrogens (tertiary/aromatic N) is 1. The van der Waals surface area contributed by atoms with E-state index in [1.807, 2.05) is 24.3 Å². The van der Waals surface area contributed by atoms with Crippen LogP contribution in [0.3, 0.4) is 0 Å². The Morgan fingerprint density at radius 2 is 2.04 bits per heavy atom. The van der Waals surface area contributed by atoms with Crippen LogP contribution in [0.5, 0.6) is 11.5 Å². The molecule has 4 atom stereocenters. The van der Waals surface area contributed by atoms with Gasteiger partial charge in [0.1, 0.15) is 12.7 Å². The van der Waals surface area contributed by atoms with Crippen LogP contribution < -0.4 is 20.1 Å². The first-order chi connectivity index (χ1) is 12.1. The predicted octanol–water partition coefficient (Wildman–Crippen LogP) is 2.42. The maximum atomic E-state index is 5.99. The zero-order chi connectivity index (χ0) is 17.4. The van der Waals surface area contributed by atoms with Gasteiger partial charge in [0, 0.05) is 31.0 Å². The van der Waals surface area contributed by atoms with Gasteiger partial charge in [0.05, 0.1) is 12.6 Å². The topological polar surface area (TPSA) is 64.1 Å². The molecule has 0 radical (unpaired) electrons. The third kappa shape index (κ3) is 3.47. The number of aliphatic imine (C=N–C) groups is 1. The summed E-state index contributed by atoms with van der Waals surface area (Å²) in [6, 6.07) is 8.16. The van der Waals surface area contributed by atoms with Crippen molar-refractivity contribution in [1.82, 2.24) is 10.6 Å². The number of rotatable bonds is 3. The van der Waals surface area contributed by atoms with E-state index < -0.39 is 0 Å². The van der Waals surface area contributed by atoms with Crippen LogP contribution in [-0.2, 0) is 4.74 Å². The summed E-state index contributed by atoms with van der Waals surface area (Å²) in [5.74, 6) is 3.00. The molecule has 0 spiro atoms. The molecule has 0 aromatic heterocycles. The van der Waals surface area contributed by atoms with Crippen LogP contribution >= 0.6 is 24.0 Å². The lowest BCUT2D eigenvalue weighted by Gasteiger charge is -2.54. The Kier molecular flexibility index (Phi) is 5.86. The van der Waals surface area contributed by atoms with Crippen molar-refractivity contribution < 1.29 is 14.2 Å². The van der Waals surface area contributed by atoms with E-state index >= 15 is 0 Å². The van der Waals surface area contributed by atoms with Crippen LogP contribution in [0, 0.1) is 11.3 Å². The summed E-state index contributed by atoms with van der Waals surface area (Å²) >= 11 is 0. The highest BCUT2D eigenvalue weighted by Gasteiger charge is 2.59. The zero-order valence-electron chi connectivity index (χ0n) is 15.5. The monoisotopic (exact) mass is 473 g/mol. The van der Waals surface area contributed by atoms with Gasteiger partial charge in [0.25, 0.3) is 0 Å². The van der Waals surface area contributed by atoms with E-state index in [0.717, 1.165) is 30.5 Å². The highest BCUT2D eigenvalue weighted by Crippen LogP contribution is 2.52. The molecule has 0 amide bonds. The largest absolute Gasteiger partial charge is 0.486 e. The normalized spacial score (nSPS) is 31.3. The molecular formula is C19H28IN3O3.